The van der Waals surface area contributed by atoms with Gasteiger partial charge < -0.3 is 9.84 Å². The first-order chi connectivity index (χ1) is 10.8. The lowest BCUT2D eigenvalue weighted by Gasteiger charge is -2.34. The van der Waals surface area contributed by atoms with Gasteiger partial charge in [0.25, 0.3) is 0 Å². The summed E-state index contributed by atoms with van der Waals surface area (Å²) in [5, 5.41) is 7.45. The van der Waals surface area contributed by atoms with Gasteiger partial charge in [0.1, 0.15) is 5.76 Å². The van der Waals surface area contributed by atoms with Crippen molar-refractivity contribution in [3.8, 4) is 0 Å². The van der Waals surface area contributed by atoms with E-state index in [-0.39, 0.29) is 11.8 Å². The van der Waals surface area contributed by atoms with Gasteiger partial charge >= 0.3 is 0 Å². The minimum absolute atomic E-state index is 0.274. The van der Waals surface area contributed by atoms with Crippen molar-refractivity contribution in [2.24, 2.45) is 5.92 Å². The summed E-state index contributed by atoms with van der Waals surface area (Å²) in [6.45, 7) is 2.86. The zero-order valence-corrected chi connectivity index (χ0v) is 13.1. The molecule has 1 N–H and O–H groups in total. The molecule has 2 saturated carbocycles. The van der Waals surface area contributed by atoms with Gasteiger partial charge in [-0.05, 0) is 45.1 Å². The second kappa shape index (κ2) is 6.03. The molecule has 22 heavy (non-hydrogen) atoms. The maximum Gasteiger partial charge on any atom is 0.223 e. The number of carbonyl (C=O) groups is 1. The average molecular weight is 303 g/mol. The van der Waals surface area contributed by atoms with Crippen LogP contribution in [0.3, 0.4) is 0 Å². The van der Waals surface area contributed by atoms with Gasteiger partial charge in [0, 0.05) is 37.0 Å². The lowest BCUT2D eigenvalue weighted by Crippen LogP contribution is -2.49. The second-order valence-corrected chi connectivity index (χ2v) is 7.21. The van der Waals surface area contributed by atoms with E-state index < -0.39 is 0 Å². The largest absolute Gasteiger partial charge is 0.361 e. The van der Waals surface area contributed by atoms with Crippen LogP contribution in [-0.4, -0.2) is 35.1 Å². The first kappa shape index (κ1) is 14.2. The smallest absolute Gasteiger partial charge is 0.223 e. The fourth-order valence-corrected chi connectivity index (χ4v) is 3.50. The number of hydrogen-bond donors (Lipinski definition) is 1. The maximum atomic E-state index is 12.1. The van der Waals surface area contributed by atoms with E-state index in [4.69, 9.17) is 4.52 Å². The molecule has 0 radical (unpaired) electrons. The Labute approximate surface area is 131 Å². The molecule has 1 aromatic rings. The second-order valence-electron chi connectivity index (χ2n) is 7.21. The molecule has 2 heterocycles. The number of likely N-dealkylation sites (tertiary alicyclic amines) is 1. The topological polar surface area (TPSA) is 58.4 Å². The predicted octanol–water partition coefficient (Wildman–Crippen LogP) is 2.43. The van der Waals surface area contributed by atoms with Crippen molar-refractivity contribution >= 4 is 5.91 Å². The molecule has 0 aromatic carbocycles. The first-order valence-corrected chi connectivity index (χ1v) is 8.76. The lowest BCUT2D eigenvalue weighted by atomic mass is 9.84. The fraction of sp³-hybridized carbons (Fsp3) is 0.765. The molecular weight excluding hydrogens is 278 g/mol. The Bertz CT molecular complexity index is 534. The lowest BCUT2D eigenvalue weighted by molar-refractivity contribution is -0.128. The first-order valence-electron chi connectivity index (χ1n) is 8.76. The molecule has 3 aliphatic rings. The van der Waals surface area contributed by atoms with Gasteiger partial charge in [0.2, 0.25) is 5.91 Å². The van der Waals surface area contributed by atoms with Crippen LogP contribution in [0.4, 0.5) is 0 Å². The molecule has 0 bridgehead atoms. The average Bonchev–Trinajstić information content (AvgIpc) is 3.18. The number of aromatic nitrogens is 1. The molecule has 1 aromatic heterocycles. The minimum Gasteiger partial charge on any atom is -0.361 e. The number of piperidine rings is 1. The van der Waals surface area contributed by atoms with Crippen molar-refractivity contribution < 1.29 is 9.32 Å². The Morgan fingerprint density at radius 3 is 2.86 bits per heavy atom. The summed E-state index contributed by atoms with van der Waals surface area (Å²) in [6.07, 6.45) is 8.09. The highest BCUT2D eigenvalue weighted by Gasteiger charge is 2.30. The molecule has 5 heteroatoms. The third kappa shape index (κ3) is 3.19. The number of hydrogen-bond acceptors (Lipinski definition) is 4. The van der Waals surface area contributed by atoms with Gasteiger partial charge in [-0.2, -0.15) is 0 Å². The Morgan fingerprint density at radius 2 is 2.14 bits per heavy atom. The predicted molar refractivity (Wildman–Crippen MR) is 82.3 cm³/mol. The Morgan fingerprint density at radius 1 is 1.27 bits per heavy atom. The minimum atomic E-state index is 0.274. The van der Waals surface area contributed by atoms with Crippen LogP contribution >= 0.6 is 0 Å². The highest BCUT2D eigenvalue weighted by atomic mass is 16.5. The van der Waals surface area contributed by atoms with Gasteiger partial charge in [0.15, 0.2) is 0 Å². The van der Waals surface area contributed by atoms with Gasteiger partial charge in [-0.3, -0.25) is 9.69 Å². The van der Waals surface area contributed by atoms with Crippen molar-refractivity contribution in [2.75, 3.05) is 13.1 Å². The van der Waals surface area contributed by atoms with E-state index in [0.29, 0.717) is 12.0 Å². The molecule has 2 aliphatic carbocycles. The maximum absolute atomic E-state index is 12.1. The molecule has 120 valence electrons. The number of rotatable bonds is 5. The van der Waals surface area contributed by atoms with Crippen LogP contribution in [0.2, 0.25) is 0 Å². The molecule has 1 amide bonds. The normalized spacial score (nSPS) is 26.6. The fourth-order valence-electron chi connectivity index (χ4n) is 3.50. The summed E-state index contributed by atoms with van der Waals surface area (Å²) in [7, 11) is 0. The SMILES string of the molecule is O=C(NC1CCCN(Cc2cc(C3CC3)on2)C1)C1CCC1. The molecule has 5 nitrogen and oxygen atoms in total. The highest BCUT2D eigenvalue weighted by molar-refractivity contribution is 5.79. The summed E-state index contributed by atoms with van der Waals surface area (Å²) in [6, 6.07) is 2.42. The molecule has 1 unspecified atom stereocenters. The zero-order valence-electron chi connectivity index (χ0n) is 13.1. The summed E-state index contributed by atoms with van der Waals surface area (Å²) in [4.78, 5) is 14.5. The zero-order chi connectivity index (χ0) is 14.9. The molecule has 3 fully saturated rings. The standard InChI is InChI=1S/C17H25N3O2/c21-17(13-3-1-4-13)18-14-5-2-8-20(10-14)11-15-9-16(22-19-15)12-6-7-12/h9,12-14H,1-8,10-11H2,(H,18,21). The van der Waals surface area contributed by atoms with Gasteiger partial charge in [-0.15, -0.1) is 0 Å². The van der Waals surface area contributed by atoms with Crippen molar-refractivity contribution in [3.05, 3.63) is 17.5 Å². The monoisotopic (exact) mass is 303 g/mol. The van der Waals surface area contributed by atoms with Crippen LogP contribution in [0.1, 0.15) is 62.3 Å². The van der Waals surface area contributed by atoms with Gasteiger partial charge in [0.05, 0.1) is 5.69 Å². The molecule has 1 saturated heterocycles. The van der Waals surface area contributed by atoms with Crippen LogP contribution < -0.4 is 5.32 Å². The molecule has 0 spiro atoms. The van der Waals surface area contributed by atoms with E-state index in [1.54, 1.807) is 0 Å². The third-order valence-corrected chi connectivity index (χ3v) is 5.27. The molecule has 4 rings (SSSR count). The molecule has 1 aliphatic heterocycles. The summed E-state index contributed by atoms with van der Waals surface area (Å²) in [5.74, 6) is 2.24. The number of carbonyl (C=O) groups excluding carboxylic acids is 1. The summed E-state index contributed by atoms with van der Waals surface area (Å²) < 4.78 is 5.43. The number of amides is 1. The van der Waals surface area contributed by atoms with Crippen LogP contribution in [-0.2, 0) is 11.3 Å². The number of nitrogens with zero attached hydrogens (tertiary/aromatic N) is 2. The highest BCUT2D eigenvalue weighted by Crippen LogP contribution is 2.40. The number of nitrogens with one attached hydrogen (secondary N) is 1. The van der Waals surface area contributed by atoms with E-state index >= 15 is 0 Å². The molecule has 1 atom stereocenters. The van der Waals surface area contributed by atoms with Crippen molar-refractivity contribution in [1.82, 2.24) is 15.4 Å². The van der Waals surface area contributed by atoms with E-state index in [9.17, 15) is 4.79 Å². The Balaban J connectivity index is 1.29. The van der Waals surface area contributed by atoms with Crippen LogP contribution in [0.5, 0.6) is 0 Å². The third-order valence-electron chi connectivity index (χ3n) is 5.27. The Kier molecular flexibility index (Phi) is 3.90. The summed E-state index contributed by atoms with van der Waals surface area (Å²) >= 11 is 0. The quantitative estimate of drug-likeness (QED) is 0.907. The van der Waals surface area contributed by atoms with Gasteiger partial charge in [-0.1, -0.05) is 11.6 Å². The van der Waals surface area contributed by atoms with E-state index in [1.807, 2.05) is 0 Å². The molecular formula is C17H25N3O2. The van der Waals surface area contributed by atoms with Crippen LogP contribution in [0, 0.1) is 5.92 Å². The van der Waals surface area contributed by atoms with Crippen molar-refractivity contribution in [1.29, 1.82) is 0 Å². The van der Waals surface area contributed by atoms with E-state index in [2.05, 4.69) is 21.4 Å². The Hall–Kier alpha value is -1.36. The van der Waals surface area contributed by atoms with E-state index in [1.165, 1.54) is 19.3 Å². The van der Waals surface area contributed by atoms with E-state index in [0.717, 1.165) is 56.8 Å². The van der Waals surface area contributed by atoms with Crippen LogP contribution in [0.25, 0.3) is 0 Å². The van der Waals surface area contributed by atoms with Gasteiger partial charge in [-0.25, -0.2) is 0 Å². The van der Waals surface area contributed by atoms with Crippen molar-refractivity contribution in [2.45, 2.75) is 63.5 Å². The van der Waals surface area contributed by atoms with Crippen molar-refractivity contribution in [3.63, 3.8) is 0 Å². The summed E-state index contributed by atoms with van der Waals surface area (Å²) in [5.41, 5.74) is 1.04. The van der Waals surface area contributed by atoms with Crippen LogP contribution in [0.15, 0.2) is 10.6 Å².